The van der Waals surface area contributed by atoms with Gasteiger partial charge in [0.05, 0.1) is 18.1 Å². The Balaban J connectivity index is 1.29. The molecule has 0 aromatic heterocycles. The lowest BCUT2D eigenvalue weighted by Crippen LogP contribution is -2.67. The summed E-state index contributed by atoms with van der Waals surface area (Å²) in [4.78, 5) is 25.0. The third kappa shape index (κ3) is 5.10. The first-order valence-electron chi connectivity index (χ1n) is 18.3. The van der Waals surface area contributed by atoms with Crippen molar-refractivity contribution in [3.63, 3.8) is 0 Å². The van der Waals surface area contributed by atoms with Crippen molar-refractivity contribution < 1.29 is 39.5 Å². The zero-order valence-corrected chi connectivity index (χ0v) is 30.0. The normalized spacial score (nSPS) is 50.1. The highest BCUT2D eigenvalue weighted by Gasteiger charge is 2.69. The molecule has 5 N–H and O–H groups in total. The van der Waals surface area contributed by atoms with Gasteiger partial charge in [-0.3, -0.25) is 9.59 Å². The molecular formula is C38H61NO8. The van der Waals surface area contributed by atoms with E-state index >= 15 is 0 Å². The molecule has 47 heavy (non-hydrogen) atoms. The molecule has 1 saturated heterocycles. The Morgan fingerprint density at radius 2 is 1.62 bits per heavy atom. The third-order valence-electron chi connectivity index (χ3n) is 15.6. The van der Waals surface area contributed by atoms with Gasteiger partial charge in [0.25, 0.3) is 0 Å². The van der Waals surface area contributed by atoms with Crippen LogP contribution in [0.2, 0.25) is 0 Å². The fourth-order valence-corrected chi connectivity index (χ4v) is 12.6. The van der Waals surface area contributed by atoms with Gasteiger partial charge in [-0.2, -0.15) is 0 Å². The molecule has 0 aromatic rings. The predicted octanol–water partition coefficient (Wildman–Crippen LogP) is 5.20. The molecule has 5 fully saturated rings. The van der Waals surface area contributed by atoms with Crippen LogP contribution in [-0.4, -0.2) is 75.7 Å². The van der Waals surface area contributed by atoms with Crippen LogP contribution in [-0.2, 0) is 19.1 Å². The summed E-state index contributed by atoms with van der Waals surface area (Å²) in [6, 6.07) is -0.958. The molecule has 1 heterocycles. The second-order valence-corrected chi connectivity index (χ2v) is 18.6. The number of aliphatic carboxylic acids is 1. The fraction of sp³-hybridized carbons (Fsp3) is 0.895. The van der Waals surface area contributed by atoms with Crippen LogP contribution in [0.3, 0.4) is 0 Å². The van der Waals surface area contributed by atoms with E-state index in [4.69, 9.17) is 9.47 Å². The number of fused-ring (bicyclic) bond motifs is 7. The Kier molecular flexibility index (Phi) is 8.65. The lowest BCUT2D eigenvalue weighted by Gasteiger charge is -2.71. The Morgan fingerprint density at radius 3 is 2.26 bits per heavy atom. The Morgan fingerprint density at radius 1 is 0.936 bits per heavy atom. The van der Waals surface area contributed by atoms with Crippen LogP contribution in [0.4, 0.5) is 0 Å². The number of carbonyl (C=O) groups is 2. The first-order valence-corrected chi connectivity index (χ1v) is 18.3. The summed E-state index contributed by atoms with van der Waals surface area (Å²) in [7, 11) is 0. The van der Waals surface area contributed by atoms with E-state index in [1.165, 1.54) is 12.5 Å². The third-order valence-corrected chi connectivity index (χ3v) is 15.6. The molecule has 13 atom stereocenters. The number of aliphatic hydroxyl groups is 3. The van der Waals surface area contributed by atoms with Crippen molar-refractivity contribution in [2.24, 2.45) is 50.2 Å². The van der Waals surface area contributed by atoms with Crippen LogP contribution < -0.4 is 5.32 Å². The Bertz CT molecular complexity index is 1300. The number of carboxylic acid groups (broad SMARTS) is 1. The number of hydrogen-bond acceptors (Lipinski definition) is 7. The summed E-state index contributed by atoms with van der Waals surface area (Å²) >= 11 is 0. The molecule has 13 unspecified atom stereocenters. The summed E-state index contributed by atoms with van der Waals surface area (Å²) in [5.41, 5.74) is 0.733. The highest BCUT2D eigenvalue weighted by Crippen LogP contribution is 2.76. The standard InChI is InChI=1S/C38H61NO8/c1-21(41)39-28-30(43)29(42)24(20-40)46-31(28)47-27-12-13-35(6)25(34(27,4)5)11-14-37(8)26(35)10-9-22-23-19-33(2,3)15-17-38(23,32(44)45)18-16-36(22,37)7/h9,23-31,40,42-43H,10-20H2,1-8H3,(H,39,41)(H,44,45). The van der Waals surface area contributed by atoms with Crippen molar-refractivity contribution in [3.8, 4) is 0 Å². The van der Waals surface area contributed by atoms with E-state index in [-0.39, 0.29) is 45.0 Å². The number of carboxylic acids is 1. The number of rotatable bonds is 5. The van der Waals surface area contributed by atoms with Gasteiger partial charge in [-0.1, -0.05) is 60.1 Å². The average Bonchev–Trinajstić information content (AvgIpc) is 2.97. The highest BCUT2D eigenvalue weighted by atomic mass is 16.7. The molecule has 9 heteroatoms. The van der Waals surface area contributed by atoms with Gasteiger partial charge in [0, 0.05) is 6.92 Å². The van der Waals surface area contributed by atoms with Gasteiger partial charge in [0.1, 0.15) is 24.4 Å². The number of nitrogens with one attached hydrogen (secondary N) is 1. The van der Waals surface area contributed by atoms with Crippen molar-refractivity contribution in [1.29, 1.82) is 0 Å². The van der Waals surface area contributed by atoms with Crippen LogP contribution in [0.1, 0.15) is 120 Å². The molecular weight excluding hydrogens is 598 g/mol. The van der Waals surface area contributed by atoms with Crippen LogP contribution in [0, 0.1) is 50.2 Å². The molecule has 0 bridgehead atoms. The van der Waals surface area contributed by atoms with Gasteiger partial charge in [-0.05, 0) is 109 Å². The van der Waals surface area contributed by atoms with Crippen molar-refractivity contribution >= 4 is 11.9 Å². The lowest BCUT2D eigenvalue weighted by molar-refractivity contribution is -0.306. The molecule has 1 aliphatic heterocycles. The van der Waals surface area contributed by atoms with Gasteiger partial charge >= 0.3 is 5.97 Å². The molecule has 9 nitrogen and oxygen atoms in total. The first-order chi connectivity index (χ1) is 21.8. The molecule has 5 aliphatic carbocycles. The maximum Gasteiger partial charge on any atom is 0.310 e. The van der Waals surface area contributed by atoms with Gasteiger partial charge in [-0.25, -0.2) is 0 Å². The van der Waals surface area contributed by atoms with Gasteiger partial charge in [-0.15, -0.1) is 0 Å². The van der Waals surface area contributed by atoms with Gasteiger partial charge in [0.2, 0.25) is 5.91 Å². The molecule has 4 saturated carbocycles. The quantitative estimate of drug-likeness (QED) is 0.200. The van der Waals surface area contributed by atoms with Gasteiger partial charge < -0.3 is 35.2 Å². The minimum absolute atomic E-state index is 0.0440. The number of carbonyl (C=O) groups excluding carboxylic acids is 1. The smallest absolute Gasteiger partial charge is 0.310 e. The van der Waals surface area contributed by atoms with Crippen LogP contribution in [0.25, 0.3) is 0 Å². The lowest BCUT2D eigenvalue weighted by atomic mass is 9.33. The average molecular weight is 660 g/mol. The van der Waals surface area contributed by atoms with Crippen molar-refractivity contribution in [3.05, 3.63) is 11.6 Å². The maximum absolute atomic E-state index is 13.0. The van der Waals surface area contributed by atoms with Gasteiger partial charge in [0.15, 0.2) is 6.29 Å². The minimum Gasteiger partial charge on any atom is -0.481 e. The molecule has 266 valence electrons. The topological polar surface area (TPSA) is 146 Å². The molecule has 0 aromatic carbocycles. The van der Waals surface area contributed by atoms with E-state index in [1.807, 2.05) is 0 Å². The van der Waals surface area contributed by atoms with Crippen molar-refractivity contribution in [2.45, 2.75) is 156 Å². The van der Waals surface area contributed by atoms with Crippen LogP contribution in [0.5, 0.6) is 0 Å². The largest absolute Gasteiger partial charge is 0.481 e. The number of aliphatic hydroxyl groups excluding tert-OH is 3. The summed E-state index contributed by atoms with van der Waals surface area (Å²) in [6.45, 7) is 17.6. The zero-order chi connectivity index (χ0) is 34.5. The van der Waals surface area contributed by atoms with E-state index < -0.39 is 48.6 Å². The monoisotopic (exact) mass is 659 g/mol. The molecule has 6 rings (SSSR count). The summed E-state index contributed by atoms with van der Waals surface area (Å²) in [5, 5.41) is 44.7. The van der Waals surface area contributed by atoms with Crippen LogP contribution in [0.15, 0.2) is 11.6 Å². The van der Waals surface area contributed by atoms with E-state index in [2.05, 4.69) is 59.9 Å². The minimum atomic E-state index is -1.35. The highest BCUT2D eigenvalue weighted by molar-refractivity contribution is 5.76. The Hall–Kier alpha value is -1.52. The fourth-order valence-electron chi connectivity index (χ4n) is 12.6. The summed E-state index contributed by atoms with van der Waals surface area (Å²) in [6.07, 6.45) is 6.79. The van der Waals surface area contributed by atoms with Crippen molar-refractivity contribution in [2.75, 3.05) is 6.61 Å². The van der Waals surface area contributed by atoms with E-state index in [0.29, 0.717) is 11.8 Å². The molecule has 6 aliphatic rings. The van der Waals surface area contributed by atoms with E-state index in [0.717, 1.165) is 64.2 Å². The van der Waals surface area contributed by atoms with Crippen molar-refractivity contribution in [1.82, 2.24) is 5.32 Å². The van der Waals surface area contributed by atoms with E-state index in [9.17, 15) is 30.0 Å². The molecule has 0 spiro atoms. The number of amides is 1. The number of hydrogen-bond donors (Lipinski definition) is 5. The SMILES string of the molecule is CC(=O)NC1C(OC2CCC3(C)C(CCC4(C)C3CC=C3C5CC(C)(C)CCC5(C(=O)O)CCC34C)C2(C)C)OC(CO)C(O)C1O. The first kappa shape index (κ1) is 35.3. The van der Waals surface area contributed by atoms with Crippen LogP contribution >= 0.6 is 0 Å². The Labute approximate surface area is 281 Å². The number of allylic oxidation sites excluding steroid dienone is 2. The summed E-state index contributed by atoms with van der Waals surface area (Å²) < 4.78 is 12.7. The maximum atomic E-state index is 13.0. The zero-order valence-electron chi connectivity index (χ0n) is 30.0. The summed E-state index contributed by atoms with van der Waals surface area (Å²) in [5.74, 6) is -0.0617. The number of ether oxygens (including phenoxy) is 2. The predicted molar refractivity (Wildman–Crippen MR) is 177 cm³/mol. The molecule has 0 radical (unpaired) electrons. The second-order valence-electron chi connectivity index (χ2n) is 18.6. The molecule has 1 amide bonds. The second kappa shape index (κ2) is 11.5. The van der Waals surface area contributed by atoms with E-state index in [1.54, 1.807) is 0 Å².